The van der Waals surface area contributed by atoms with Crippen LogP contribution in [0.3, 0.4) is 0 Å². The van der Waals surface area contributed by atoms with Gasteiger partial charge in [-0.3, -0.25) is 5.09 Å². The summed E-state index contributed by atoms with van der Waals surface area (Å²) in [6, 6.07) is 14.4. The minimum atomic E-state index is -2.61. The zero-order chi connectivity index (χ0) is 24.7. The van der Waals surface area contributed by atoms with Crippen LogP contribution in [-0.4, -0.2) is 23.1 Å². The van der Waals surface area contributed by atoms with Crippen molar-refractivity contribution < 1.29 is 4.57 Å². The Morgan fingerprint density at radius 1 is 1.26 bits per heavy atom. The summed E-state index contributed by atoms with van der Waals surface area (Å²) >= 11 is 0. The quantitative estimate of drug-likeness (QED) is 0.196. The molecular formula is C28H41N4OP. The van der Waals surface area contributed by atoms with E-state index in [2.05, 4.69) is 55.4 Å². The Bertz CT molecular complexity index is 1060. The molecule has 6 heteroatoms. The van der Waals surface area contributed by atoms with Gasteiger partial charge in [-0.2, -0.15) is 5.10 Å². The van der Waals surface area contributed by atoms with E-state index >= 15 is 0 Å². The number of aromatic nitrogens is 1. The largest absolute Gasteiger partial charge is 0.397 e. The third-order valence-corrected chi connectivity index (χ3v) is 9.79. The SMILES string of the molecule is C=C(N)c1ccc(C2CCC(CCP(=O)(Cc3ccccc3)NC(C)C(=C)CC)C2)n1/N=C\C. The lowest BCUT2D eigenvalue weighted by molar-refractivity contribution is 0.502. The molecule has 4 atom stereocenters. The molecule has 0 bridgehead atoms. The van der Waals surface area contributed by atoms with Crippen LogP contribution in [0.2, 0.25) is 0 Å². The van der Waals surface area contributed by atoms with Gasteiger partial charge in [0.15, 0.2) is 7.29 Å². The molecule has 1 aliphatic carbocycles. The van der Waals surface area contributed by atoms with E-state index in [9.17, 15) is 4.57 Å². The molecule has 0 amide bonds. The summed E-state index contributed by atoms with van der Waals surface area (Å²) in [6.45, 7) is 14.2. The maximum absolute atomic E-state index is 14.1. The van der Waals surface area contributed by atoms with Crippen molar-refractivity contribution in [2.75, 3.05) is 6.16 Å². The van der Waals surface area contributed by atoms with Crippen molar-refractivity contribution in [2.45, 2.75) is 71.0 Å². The fraction of sp³-hybridized carbons (Fsp3) is 0.464. The predicted octanol–water partition coefficient (Wildman–Crippen LogP) is 6.97. The number of nitrogens with zero attached hydrogens (tertiary/aromatic N) is 2. The van der Waals surface area contributed by atoms with E-state index in [4.69, 9.17) is 5.73 Å². The zero-order valence-electron chi connectivity index (χ0n) is 21.0. The second-order valence-corrected chi connectivity index (χ2v) is 12.4. The van der Waals surface area contributed by atoms with Crippen molar-refractivity contribution in [3.8, 4) is 0 Å². The molecule has 0 spiro atoms. The lowest BCUT2D eigenvalue weighted by atomic mass is 10.0. The summed E-state index contributed by atoms with van der Waals surface area (Å²) in [6.07, 6.45) is 8.29. The molecule has 34 heavy (non-hydrogen) atoms. The normalized spacial score (nSPS) is 20.9. The first-order chi connectivity index (χ1) is 16.3. The standard InChI is InChI=1S/C28H41N4OP/c1-6-21(3)23(5)31-34(33,20-25-11-9-8-10-12-25)18-17-24-13-14-26(19-24)28-16-15-27(22(4)29)32(28)30-7-2/h7-12,15-16,23-24,26H,3-4,6,13-14,17-20,29H2,1-2,5H3,(H,31,33)/b30-7-. The lowest BCUT2D eigenvalue weighted by Crippen LogP contribution is -2.27. The van der Waals surface area contributed by atoms with Gasteiger partial charge in [-0.15, -0.1) is 0 Å². The second-order valence-electron chi connectivity index (χ2n) is 9.64. The van der Waals surface area contributed by atoms with Gasteiger partial charge in [0, 0.05) is 36.2 Å². The maximum Gasteiger partial charge on any atom is 0.152 e. The number of nitrogens with two attached hydrogens (primary N) is 1. The monoisotopic (exact) mass is 480 g/mol. The highest BCUT2D eigenvalue weighted by Gasteiger charge is 2.32. The summed E-state index contributed by atoms with van der Waals surface area (Å²) in [5.74, 6) is 0.987. The Labute approximate surface area is 205 Å². The van der Waals surface area contributed by atoms with Crippen LogP contribution in [0.1, 0.15) is 75.7 Å². The topological polar surface area (TPSA) is 72.4 Å². The van der Waals surface area contributed by atoms with E-state index < -0.39 is 7.29 Å². The van der Waals surface area contributed by atoms with Crippen molar-refractivity contribution in [1.29, 1.82) is 0 Å². The zero-order valence-corrected chi connectivity index (χ0v) is 21.9. The van der Waals surface area contributed by atoms with Crippen molar-refractivity contribution >= 4 is 19.2 Å². The average molecular weight is 481 g/mol. The smallest absolute Gasteiger partial charge is 0.152 e. The fourth-order valence-electron chi connectivity index (χ4n) is 5.06. The molecule has 5 nitrogen and oxygen atoms in total. The van der Waals surface area contributed by atoms with Crippen molar-refractivity contribution in [3.63, 3.8) is 0 Å². The lowest BCUT2D eigenvalue weighted by Gasteiger charge is -2.26. The van der Waals surface area contributed by atoms with Gasteiger partial charge < -0.3 is 10.3 Å². The van der Waals surface area contributed by atoms with Crippen LogP contribution in [0.5, 0.6) is 0 Å². The molecule has 1 saturated carbocycles. The van der Waals surface area contributed by atoms with Crippen LogP contribution in [0.25, 0.3) is 5.70 Å². The van der Waals surface area contributed by atoms with E-state index in [1.165, 1.54) is 5.69 Å². The number of hydrogen-bond donors (Lipinski definition) is 2. The van der Waals surface area contributed by atoms with E-state index in [0.717, 1.165) is 48.9 Å². The molecule has 1 aromatic carbocycles. The molecule has 1 fully saturated rings. The molecule has 0 radical (unpaired) electrons. The number of nitrogens with one attached hydrogen (secondary N) is 1. The number of rotatable bonds is 12. The third kappa shape index (κ3) is 6.61. The van der Waals surface area contributed by atoms with E-state index in [0.29, 0.717) is 29.9 Å². The minimum Gasteiger partial charge on any atom is -0.397 e. The molecule has 1 aliphatic rings. The van der Waals surface area contributed by atoms with Gasteiger partial charge in [-0.05, 0) is 69.6 Å². The summed E-state index contributed by atoms with van der Waals surface area (Å²) in [5.41, 5.74) is 10.8. The number of benzene rings is 1. The molecular weight excluding hydrogens is 439 g/mol. The first-order valence-corrected chi connectivity index (χ1v) is 14.6. The van der Waals surface area contributed by atoms with Gasteiger partial charge in [0.1, 0.15) is 0 Å². The van der Waals surface area contributed by atoms with E-state index in [1.54, 1.807) is 6.21 Å². The molecule has 3 N–H and O–H groups in total. The Balaban J connectivity index is 1.69. The van der Waals surface area contributed by atoms with Crippen LogP contribution in [0.15, 0.2) is 66.3 Å². The van der Waals surface area contributed by atoms with Crippen molar-refractivity contribution in [3.05, 3.63) is 78.1 Å². The van der Waals surface area contributed by atoms with Crippen molar-refractivity contribution in [2.24, 2.45) is 16.8 Å². The Morgan fingerprint density at radius 2 is 2.00 bits per heavy atom. The van der Waals surface area contributed by atoms with Crippen LogP contribution >= 0.6 is 7.29 Å². The Morgan fingerprint density at radius 3 is 2.65 bits per heavy atom. The molecule has 3 rings (SSSR count). The molecule has 1 heterocycles. The summed E-state index contributed by atoms with van der Waals surface area (Å²) in [5, 5.41) is 8.05. The molecule has 4 unspecified atom stereocenters. The van der Waals surface area contributed by atoms with Crippen molar-refractivity contribution in [1.82, 2.24) is 9.76 Å². The summed E-state index contributed by atoms with van der Waals surface area (Å²) in [7, 11) is -2.61. The fourth-order valence-corrected chi connectivity index (χ4v) is 7.91. The summed E-state index contributed by atoms with van der Waals surface area (Å²) < 4.78 is 16.1. The average Bonchev–Trinajstić information content (AvgIpc) is 3.45. The maximum atomic E-state index is 14.1. The van der Waals surface area contributed by atoms with Crippen LogP contribution < -0.4 is 10.8 Å². The van der Waals surface area contributed by atoms with E-state index in [-0.39, 0.29) is 6.04 Å². The molecule has 0 saturated heterocycles. The summed E-state index contributed by atoms with van der Waals surface area (Å²) in [4.78, 5) is 0. The van der Waals surface area contributed by atoms with Gasteiger partial charge in [0.2, 0.25) is 0 Å². The van der Waals surface area contributed by atoms with Gasteiger partial charge in [0.25, 0.3) is 0 Å². The second kappa shape index (κ2) is 11.9. The van der Waals surface area contributed by atoms with Crippen LogP contribution in [-0.2, 0) is 10.7 Å². The first kappa shape index (κ1) is 26.2. The minimum absolute atomic E-state index is 0.0498. The third-order valence-electron chi connectivity index (χ3n) is 7.08. The van der Waals surface area contributed by atoms with E-state index in [1.807, 2.05) is 35.9 Å². The Hall–Kier alpha value is -2.36. The van der Waals surface area contributed by atoms with Gasteiger partial charge in [-0.1, -0.05) is 56.0 Å². The Kier molecular flexibility index (Phi) is 9.16. The highest BCUT2D eigenvalue weighted by molar-refractivity contribution is 7.61. The highest BCUT2D eigenvalue weighted by Crippen LogP contribution is 2.49. The van der Waals surface area contributed by atoms with Gasteiger partial charge in [0.05, 0.1) is 11.4 Å². The predicted molar refractivity (Wildman–Crippen MR) is 147 cm³/mol. The van der Waals surface area contributed by atoms with Gasteiger partial charge in [-0.25, -0.2) is 4.68 Å². The molecule has 0 aliphatic heterocycles. The number of hydrogen-bond acceptors (Lipinski definition) is 3. The molecule has 1 aromatic heterocycles. The van der Waals surface area contributed by atoms with Gasteiger partial charge >= 0.3 is 0 Å². The van der Waals surface area contributed by atoms with Crippen LogP contribution in [0.4, 0.5) is 0 Å². The van der Waals surface area contributed by atoms with Crippen LogP contribution in [0, 0.1) is 5.92 Å². The highest BCUT2D eigenvalue weighted by atomic mass is 31.2. The molecule has 2 aromatic rings. The first-order valence-electron chi connectivity index (χ1n) is 12.5. The molecule has 184 valence electrons.